The van der Waals surface area contributed by atoms with E-state index in [1.165, 1.54) is 0 Å². The molecule has 0 heterocycles. The topological polar surface area (TPSA) is 72.2 Å². The zero-order chi connectivity index (χ0) is 12.2. The van der Waals surface area contributed by atoms with Crippen molar-refractivity contribution in [2.45, 2.75) is 44.5 Å². The fourth-order valence-corrected chi connectivity index (χ4v) is 1.30. The number of nitrogens with one attached hydrogen (secondary N) is 1. The summed E-state index contributed by atoms with van der Waals surface area (Å²) in [7, 11) is 0. The maximum absolute atomic E-state index is 11.7. The van der Waals surface area contributed by atoms with Gasteiger partial charge in [-0.3, -0.25) is 9.59 Å². The fourth-order valence-electron chi connectivity index (χ4n) is 1.18. The molecule has 3 N–H and O–H groups in total. The molecule has 0 aliphatic carbocycles. The zero-order valence-corrected chi connectivity index (χ0v) is 11.2. The van der Waals surface area contributed by atoms with Gasteiger partial charge in [0.15, 0.2) is 0 Å². The normalized spacial score (nSPS) is 13.7. The van der Waals surface area contributed by atoms with Crippen LogP contribution in [0.15, 0.2) is 0 Å². The van der Waals surface area contributed by atoms with E-state index in [4.69, 9.17) is 5.73 Å². The van der Waals surface area contributed by atoms with Crippen molar-refractivity contribution in [1.82, 2.24) is 5.32 Å². The van der Waals surface area contributed by atoms with Crippen molar-refractivity contribution >= 4 is 27.7 Å². The number of hydrogen-bond donors (Lipinski definition) is 2. The fraction of sp³-hybridized carbons (Fsp3) is 0.800. The monoisotopic (exact) mass is 278 g/mol. The lowest BCUT2D eigenvalue weighted by Crippen LogP contribution is -2.49. The van der Waals surface area contributed by atoms with Gasteiger partial charge in [0.25, 0.3) is 0 Å². The summed E-state index contributed by atoms with van der Waals surface area (Å²) in [5, 5.41) is 2.78. The van der Waals surface area contributed by atoms with E-state index in [1.54, 1.807) is 13.8 Å². The van der Waals surface area contributed by atoms with Gasteiger partial charge in [0.05, 0.1) is 4.83 Å². The van der Waals surface area contributed by atoms with Crippen LogP contribution in [-0.2, 0) is 9.59 Å². The first kappa shape index (κ1) is 14.4. The second-order valence-electron chi connectivity index (χ2n) is 4.66. The predicted molar refractivity (Wildman–Crippen MR) is 63.6 cm³/mol. The van der Waals surface area contributed by atoms with Crippen molar-refractivity contribution in [3.8, 4) is 0 Å². The molecule has 0 aliphatic rings. The Labute approximate surface area is 99.1 Å². The van der Waals surface area contributed by atoms with Crippen LogP contribution in [0.3, 0.4) is 0 Å². The molecule has 0 spiro atoms. The lowest BCUT2D eigenvalue weighted by molar-refractivity contribution is -0.123. The van der Waals surface area contributed by atoms with Crippen LogP contribution in [0.25, 0.3) is 0 Å². The number of hydrogen-bond acceptors (Lipinski definition) is 2. The molecule has 0 aliphatic heterocycles. The van der Waals surface area contributed by atoms with Crippen molar-refractivity contribution in [2.75, 3.05) is 0 Å². The third kappa shape index (κ3) is 5.77. The van der Waals surface area contributed by atoms with Gasteiger partial charge in [-0.2, -0.15) is 0 Å². The van der Waals surface area contributed by atoms with Crippen LogP contribution in [0.1, 0.15) is 34.1 Å². The predicted octanol–water partition coefficient (Wildman–Crippen LogP) is 1.18. The summed E-state index contributed by atoms with van der Waals surface area (Å²) in [4.78, 5) is 22.2. The molecule has 0 rings (SSSR count). The van der Waals surface area contributed by atoms with Crippen LogP contribution in [0.5, 0.6) is 0 Å². The molecule has 0 saturated carbocycles. The van der Waals surface area contributed by atoms with E-state index < -0.39 is 11.4 Å². The lowest BCUT2D eigenvalue weighted by atomic mass is 9.99. The molecular weight excluding hydrogens is 260 g/mol. The zero-order valence-electron chi connectivity index (χ0n) is 9.63. The molecule has 0 saturated heterocycles. The average molecular weight is 279 g/mol. The molecule has 0 radical (unpaired) electrons. The maximum Gasteiger partial charge on any atom is 0.234 e. The van der Waals surface area contributed by atoms with Crippen molar-refractivity contribution in [2.24, 2.45) is 11.7 Å². The molecule has 5 heteroatoms. The smallest absolute Gasteiger partial charge is 0.234 e. The van der Waals surface area contributed by atoms with Crippen molar-refractivity contribution < 1.29 is 9.59 Å². The minimum Gasteiger partial charge on any atom is -0.370 e. The summed E-state index contributed by atoms with van der Waals surface area (Å²) < 4.78 is 0. The Morgan fingerprint density at radius 3 is 2.20 bits per heavy atom. The number of primary amides is 1. The molecule has 0 aromatic heterocycles. The first-order chi connectivity index (χ1) is 6.65. The van der Waals surface area contributed by atoms with E-state index in [0.29, 0.717) is 0 Å². The molecule has 2 amide bonds. The Balaban J connectivity index is 4.33. The van der Waals surface area contributed by atoms with Crippen molar-refractivity contribution in [3.05, 3.63) is 0 Å². The molecule has 88 valence electrons. The number of alkyl halides is 1. The Bertz CT molecular complexity index is 252. The second-order valence-corrected chi connectivity index (χ2v) is 5.65. The average Bonchev–Trinajstić information content (AvgIpc) is 1.98. The van der Waals surface area contributed by atoms with E-state index in [-0.39, 0.29) is 23.1 Å². The number of carbonyl (C=O) groups is 2. The van der Waals surface area contributed by atoms with E-state index in [9.17, 15) is 9.59 Å². The van der Waals surface area contributed by atoms with Crippen LogP contribution in [-0.4, -0.2) is 22.2 Å². The van der Waals surface area contributed by atoms with E-state index in [1.807, 2.05) is 13.8 Å². The first-order valence-corrected chi connectivity index (χ1v) is 5.81. The Morgan fingerprint density at radius 2 is 1.87 bits per heavy atom. The molecule has 0 aromatic carbocycles. The van der Waals surface area contributed by atoms with Crippen LogP contribution in [0.4, 0.5) is 0 Å². The Morgan fingerprint density at radius 1 is 1.40 bits per heavy atom. The number of nitrogens with two attached hydrogens (primary N) is 1. The van der Waals surface area contributed by atoms with Gasteiger partial charge >= 0.3 is 0 Å². The van der Waals surface area contributed by atoms with E-state index >= 15 is 0 Å². The summed E-state index contributed by atoms with van der Waals surface area (Å²) in [6.07, 6.45) is 0.135. The minimum atomic E-state index is -0.593. The SMILES string of the molecule is CC(C)C(Br)C(=O)NC(C)(C)CC(N)=O. The van der Waals surface area contributed by atoms with Gasteiger partial charge in [-0.25, -0.2) is 0 Å². The van der Waals surface area contributed by atoms with Gasteiger partial charge in [-0.1, -0.05) is 29.8 Å². The van der Waals surface area contributed by atoms with Gasteiger partial charge in [0.2, 0.25) is 11.8 Å². The third-order valence-electron chi connectivity index (χ3n) is 1.91. The van der Waals surface area contributed by atoms with Crippen LogP contribution in [0, 0.1) is 5.92 Å². The summed E-state index contributed by atoms with van der Waals surface area (Å²) in [6.45, 7) is 7.44. The van der Waals surface area contributed by atoms with E-state index in [0.717, 1.165) is 0 Å². The highest BCUT2D eigenvalue weighted by molar-refractivity contribution is 9.10. The number of halogens is 1. The molecule has 1 unspecified atom stereocenters. The maximum atomic E-state index is 11.7. The molecule has 1 atom stereocenters. The molecule has 0 fully saturated rings. The van der Waals surface area contributed by atoms with Gasteiger partial charge in [-0.15, -0.1) is 0 Å². The highest BCUT2D eigenvalue weighted by Crippen LogP contribution is 2.15. The van der Waals surface area contributed by atoms with Gasteiger partial charge in [-0.05, 0) is 19.8 Å². The van der Waals surface area contributed by atoms with Crippen molar-refractivity contribution in [3.63, 3.8) is 0 Å². The molecule has 15 heavy (non-hydrogen) atoms. The molecule has 4 nitrogen and oxygen atoms in total. The summed E-state index contributed by atoms with van der Waals surface area (Å²) >= 11 is 3.30. The molecule has 0 bridgehead atoms. The summed E-state index contributed by atoms with van der Waals surface area (Å²) in [5.41, 5.74) is 4.49. The third-order valence-corrected chi connectivity index (χ3v) is 3.39. The van der Waals surface area contributed by atoms with Crippen LogP contribution >= 0.6 is 15.9 Å². The molecular formula is C10H19BrN2O2. The standard InChI is InChI=1S/C10H19BrN2O2/c1-6(2)8(11)9(15)13-10(3,4)5-7(12)14/h6,8H,5H2,1-4H3,(H2,12,14)(H,13,15). The lowest BCUT2D eigenvalue weighted by Gasteiger charge is -2.27. The summed E-state index contributed by atoms with van der Waals surface area (Å²) in [5.74, 6) is -0.332. The van der Waals surface area contributed by atoms with Gasteiger partial charge in [0.1, 0.15) is 0 Å². The minimum absolute atomic E-state index is 0.115. The Hall–Kier alpha value is -0.580. The van der Waals surface area contributed by atoms with Gasteiger partial charge < -0.3 is 11.1 Å². The van der Waals surface area contributed by atoms with Gasteiger partial charge in [0, 0.05) is 12.0 Å². The number of amides is 2. The van der Waals surface area contributed by atoms with Crippen LogP contribution in [0.2, 0.25) is 0 Å². The number of rotatable bonds is 5. The molecule has 0 aromatic rings. The largest absolute Gasteiger partial charge is 0.370 e. The Kier molecular flexibility index (Phi) is 5.28. The first-order valence-electron chi connectivity index (χ1n) is 4.90. The second kappa shape index (κ2) is 5.49. The van der Waals surface area contributed by atoms with Crippen molar-refractivity contribution in [1.29, 1.82) is 0 Å². The van der Waals surface area contributed by atoms with E-state index in [2.05, 4.69) is 21.2 Å². The number of carbonyl (C=O) groups excluding carboxylic acids is 2. The quantitative estimate of drug-likeness (QED) is 0.742. The highest BCUT2D eigenvalue weighted by atomic mass is 79.9. The highest BCUT2D eigenvalue weighted by Gasteiger charge is 2.27. The summed E-state index contributed by atoms with van der Waals surface area (Å²) in [6, 6.07) is 0. The van der Waals surface area contributed by atoms with Crippen LogP contribution < -0.4 is 11.1 Å².